The van der Waals surface area contributed by atoms with Gasteiger partial charge in [-0.1, -0.05) is 0 Å². The lowest BCUT2D eigenvalue weighted by molar-refractivity contribution is 0.0431. The van der Waals surface area contributed by atoms with Crippen LogP contribution in [0.1, 0.15) is 19.3 Å². The third kappa shape index (κ3) is 3.91. The molecule has 1 aliphatic carbocycles. The van der Waals surface area contributed by atoms with Crippen molar-refractivity contribution in [3.63, 3.8) is 0 Å². The van der Waals surface area contributed by atoms with Crippen molar-refractivity contribution in [1.29, 1.82) is 0 Å². The highest BCUT2D eigenvalue weighted by molar-refractivity contribution is 7.98. The fourth-order valence-electron chi connectivity index (χ4n) is 2.18. The van der Waals surface area contributed by atoms with Crippen molar-refractivity contribution in [1.82, 2.24) is 5.32 Å². The van der Waals surface area contributed by atoms with E-state index in [-0.39, 0.29) is 6.04 Å². The minimum Gasteiger partial charge on any atom is -0.465 e. The minimum atomic E-state index is -0.915. The Labute approximate surface area is 94.8 Å². The number of hydrogen-bond acceptors (Lipinski definition) is 3. The van der Waals surface area contributed by atoms with Gasteiger partial charge < -0.3 is 15.2 Å². The summed E-state index contributed by atoms with van der Waals surface area (Å²) in [5, 5.41) is 11.3. The average molecular weight is 233 g/mol. The zero-order valence-electron chi connectivity index (χ0n) is 9.23. The highest BCUT2D eigenvalue weighted by atomic mass is 32.2. The van der Waals surface area contributed by atoms with Crippen LogP contribution in [0.5, 0.6) is 0 Å². The van der Waals surface area contributed by atoms with E-state index in [9.17, 15) is 4.79 Å². The summed E-state index contributed by atoms with van der Waals surface area (Å²) in [5.41, 5.74) is 0. The molecule has 1 amide bonds. The molecule has 0 saturated heterocycles. The zero-order valence-corrected chi connectivity index (χ0v) is 10.0. The number of ether oxygens (including phenoxy) is 1. The molecule has 15 heavy (non-hydrogen) atoms. The standard InChI is InChI=1S/C10H19NO3S/c1-14-8-3-4-9(11-10(12)13)7(5-8)6-15-2/h7-9,11H,3-6H2,1-2H3,(H,12,13)/t7?,8-,9?/m1/s1. The van der Waals surface area contributed by atoms with E-state index in [1.807, 2.05) is 6.26 Å². The first kappa shape index (κ1) is 12.6. The van der Waals surface area contributed by atoms with E-state index in [1.54, 1.807) is 18.9 Å². The third-order valence-electron chi connectivity index (χ3n) is 2.96. The number of thioether (sulfide) groups is 1. The van der Waals surface area contributed by atoms with E-state index in [0.717, 1.165) is 25.0 Å². The fourth-order valence-corrected chi connectivity index (χ4v) is 2.98. The lowest BCUT2D eigenvalue weighted by atomic mass is 9.84. The Bertz CT molecular complexity index is 213. The van der Waals surface area contributed by atoms with Crippen molar-refractivity contribution in [2.45, 2.75) is 31.4 Å². The van der Waals surface area contributed by atoms with Gasteiger partial charge in [-0.25, -0.2) is 4.79 Å². The van der Waals surface area contributed by atoms with Gasteiger partial charge in [0.15, 0.2) is 0 Å². The summed E-state index contributed by atoms with van der Waals surface area (Å²) in [6, 6.07) is 0.0985. The summed E-state index contributed by atoms with van der Waals surface area (Å²) in [7, 11) is 1.73. The van der Waals surface area contributed by atoms with E-state index in [4.69, 9.17) is 9.84 Å². The second kappa shape index (κ2) is 6.23. The van der Waals surface area contributed by atoms with Crippen LogP contribution in [-0.2, 0) is 4.74 Å². The van der Waals surface area contributed by atoms with Crippen LogP contribution in [-0.4, -0.2) is 42.5 Å². The van der Waals surface area contributed by atoms with E-state index < -0.39 is 6.09 Å². The number of hydrogen-bond donors (Lipinski definition) is 2. The van der Waals surface area contributed by atoms with Crippen LogP contribution in [0.2, 0.25) is 0 Å². The SMILES string of the molecule is CO[C@@H]1CCC(NC(=O)O)C(CSC)C1. The van der Waals surface area contributed by atoms with Crippen LogP contribution in [0.4, 0.5) is 4.79 Å². The molecule has 0 aromatic heterocycles. The quantitative estimate of drug-likeness (QED) is 0.777. The maximum absolute atomic E-state index is 10.6. The first-order valence-electron chi connectivity index (χ1n) is 5.18. The molecular weight excluding hydrogens is 214 g/mol. The number of rotatable bonds is 4. The Kier molecular flexibility index (Phi) is 5.25. The maximum Gasteiger partial charge on any atom is 0.404 e. The van der Waals surface area contributed by atoms with Gasteiger partial charge in [0.05, 0.1) is 6.10 Å². The van der Waals surface area contributed by atoms with Gasteiger partial charge >= 0.3 is 6.09 Å². The second-order valence-corrected chi connectivity index (χ2v) is 4.85. The topological polar surface area (TPSA) is 58.6 Å². The molecule has 2 unspecified atom stereocenters. The fraction of sp³-hybridized carbons (Fsp3) is 0.900. The summed E-state index contributed by atoms with van der Waals surface area (Å²) in [5.74, 6) is 1.39. The van der Waals surface area contributed by atoms with Crippen LogP contribution in [0, 0.1) is 5.92 Å². The molecule has 1 saturated carbocycles. The van der Waals surface area contributed by atoms with E-state index in [2.05, 4.69) is 5.32 Å². The van der Waals surface area contributed by atoms with Crippen molar-refractivity contribution in [3.05, 3.63) is 0 Å². The summed E-state index contributed by atoms with van der Waals surface area (Å²) >= 11 is 1.76. The summed E-state index contributed by atoms with van der Waals surface area (Å²) < 4.78 is 5.34. The van der Waals surface area contributed by atoms with Gasteiger partial charge in [0.1, 0.15) is 0 Å². The number of carbonyl (C=O) groups is 1. The van der Waals surface area contributed by atoms with E-state index in [1.165, 1.54) is 0 Å². The Morgan fingerprint density at radius 1 is 1.60 bits per heavy atom. The van der Waals surface area contributed by atoms with Crippen molar-refractivity contribution >= 4 is 17.9 Å². The van der Waals surface area contributed by atoms with Crippen molar-refractivity contribution < 1.29 is 14.6 Å². The lowest BCUT2D eigenvalue weighted by Gasteiger charge is -2.35. The monoisotopic (exact) mass is 233 g/mol. The maximum atomic E-state index is 10.6. The summed E-state index contributed by atoms with van der Waals surface area (Å²) in [4.78, 5) is 10.6. The van der Waals surface area contributed by atoms with Crippen LogP contribution in [0.3, 0.4) is 0 Å². The molecule has 0 bridgehead atoms. The van der Waals surface area contributed by atoms with Crippen LogP contribution in [0.15, 0.2) is 0 Å². The van der Waals surface area contributed by atoms with Crippen LogP contribution < -0.4 is 5.32 Å². The third-order valence-corrected chi connectivity index (χ3v) is 3.72. The molecule has 1 rings (SSSR count). The normalized spacial score (nSPS) is 31.2. The smallest absolute Gasteiger partial charge is 0.404 e. The van der Waals surface area contributed by atoms with Gasteiger partial charge in [0, 0.05) is 13.2 Å². The number of amides is 1. The molecule has 2 N–H and O–H groups in total. The number of methoxy groups -OCH3 is 1. The van der Waals surface area contributed by atoms with Gasteiger partial charge in [-0.15, -0.1) is 0 Å². The van der Waals surface area contributed by atoms with Crippen LogP contribution in [0.25, 0.3) is 0 Å². The number of carboxylic acid groups (broad SMARTS) is 1. The van der Waals surface area contributed by atoms with Gasteiger partial charge in [-0.3, -0.25) is 0 Å². The van der Waals surface area contributed by atoms with Gasteiger partial charge in [0.25, 0.3) is 0 Å². The molecule has 0 aromatic rings. The predicted molar refractivity (Wildman–Crippen MR) is 61.5 cm³/mol. The van der Waals surface area contributed by atoms with Crippen molar-refractivity contribution in [3.8, 4) is 0 Å². The second-order valence-electron chi connectivity index (χ2n) is 3.94. The molecule has 1 fully saturated rings. The molecule has 0 aliphatic heterocycles. The zero-order chi connectivity index (χ0) is 11.3. The number of nitrogens with one attached hydrogen (secondary N) is 1. The van der Waals surface area contributed by atoms with Crippen LogP contribution >= 0.6 is 11.8 Å². The lowest BCUT2D eigenvalue weighted by Crippen LogP contribution is -2.45. The summed E-state index contributed by atoms with van der Waals surface area (Å²) in [6.07, 6.45) is 4.23. The molecule has 88 valence electrons. The average Bonchev–Trinajstić information content (AvgIpc) is 2.20. The molecule has 3 atom stereocenters. The Hall–Kier alpha value is -0.420. The highest BCUT2D eigenvalue weighted by Crippen LogP contribution is 2.28. The molecule has 0 radical (unpaired) electrons. The Balaban J connectivity index is 2.50. The summed E-state index contributed by atoms with van der Waals surface area (Å²) in [6.45, 7) is 0. The Morgan fingerprint density at radius 3 is 2.87 bits per heavy atom. The molecule has 0 aromatic carbocycles. The van der Waals surface area contributed by atoms with Gasteiger partial charge in [-0.2, -0.15) is 11.8 Å². The molecular formula is C10H19NO3S. The minimum absolute atomic E-state index is 0.0985. The van der Waals surface area contributed by atoms with E-state index >= 15 is 0 Å². The first-order valence-corrected chi connectivity index (χ1v) is 6.58. The largest absolute Gasteiger partial charge is 0.465 e. The molecule has 0 heterocycles. The Morgan fingerprint density at radius 2 is 2.33 bits per heavy atom. The molecule has 0 spiro atoms. The van der Waals surface area contributed by atoms with Gasteiger partial charge in [0.2, 0.25) is 0 Å². The van der Waals surface area contributed by atoms with Crippen molar-refractivity contribution in [2.24, 2.45) is 5.92 Å². The predicted octanol–water partition coefficient (Wildman–Crippen LogP) is 1.80. The van der Waals surface area contributed by atoms with Crippen molar-refractivity contribution in [2.75, 3.05) is 19.1 Å². The highest BCUT2D eigenvalue weighted by Gasteiger charge is 2.31. The first-order chi connectivity index (χ1) is 7.17. The van der Waals surface area contributed by atoms with E-state index in [0.29, 0.717) is 12.0 Å². The molecule has 4 nitrogen and oxygen atoms in total. The molecule has 5 heteroatoms. The molecule has 1 aliphatic rings. The van der Waals surface area contributed by atoms with Gasteiger partial charge in [-0.05, 0) is 37.2 Å².